The van der Waals surface area contributed by atoms with Crippen molar-refractivity contribution < 1.29 is 0 Å². The van der Waals surface area contributed by atoms with Crippen molar-refractivity contribution in [2.45, 2.75) is 50.6 Å². The smallest absolute Gasteiger partial charge is 0.0325 e. The Morgan fingerprint density at radius 2 is 1.43 bits per heavy atom. The van der Waals surface area contributed by atoms with Crippen LogP contribution in [0.15, 0.2) is 48.5 Å². The molecular formula is C20H23N. The van der Waals surface area contributed by atoms with Gasteiger partial charge in [0, 0.05) is 12.1 Å². The van der Waals surface area contributed by atoms with Crippen molar-refractivity contribution in [3.63, 3.8) is 0 Å². The maximum atomic E-state index is 3.96. The quantitative estimate of drug-likeness (QED) is 0.811. The summed E-state index contributed by atoms with van der Waals surface area (Å²) in [6.07, 6.45) is 7.58. The van der Waals surface area contributed by atoms with E-state index in [0.29, 0.717) is 12.1 Å². The number of rotatable bonds is 2. The van der Waals surface area contributed by atoms with Gasteiger partial charge in [-0.2, -0.15) is 0 Å². The van der Waals surface area contributed by atoms with Crippen LogP contribution in [0.1, 0.15) is 47.6 Å². The molecule has 1 unspecified atom stereocenters. The van der Waals surface area contributed by atoms with E-state index in [-0.39, 0.29) is 0 Å². The minimum absolute atomic E-state index is 0.544. The molecule has 0 saturated carbocycles. The second-order valence-electron chi connectivity index (χ2n) is 6.54. The van der Waals surface area contributed by atoms with Gasteiger partial charge in [-0.25, -0.2) is 0 Å². The molecule has 0 spiro atoms. The number of hydrogen-bond donors (Lipinski definition) is 1. The molecule has 4 rings (SSSR count). The van der Waals surface area contributed by atoms with Crippen molar-refractivity contribution in [1.82, 2.24) is 5.32 Å². The van der Waals surface area contributed by atoms with Crippen LogP contribution in [0.4, 0.5) is 0 Å². The third-order valence-corrected chi connectivity index (χ3v) is 5.11. The second-order valence-corrected chi connectivity index (χ2v) is 6.54. The van der Waals surface area contributed by atoms with Crippen LogP contribution in [-0.2, 0) is 19.3 Å². The molecule has 0 aliphatic heterocycles. The molecule has 0 fully saturated rings. The van der Waals surface area contributed by atoms with E-state index in [0.717, 1.165) is 0 Å². The fourth-order valence-corrected chi connectivity index (χ4v) is 4.06. The van der Waals surface area contributed by atoms with Gasteiger partial charge in [-0.15, -0.1) is 0 Å². The van der Waals surface area contributed by atoms with Crippen LogP contribution in [0.5, 0.6) is 0 Å². The Labute approximate surface area is 127 Å². The normalized spacial score (nSPS) is 21.6. The standard InChI is InChI=1S/C20H23N/c1-2-10-17-14-18(13-16(17)9-1)21-20-12-6-4-8-15-7-3-5-11-19(15)20/h1-3,5,7,9-11,18,20-21H,4,6,8,12-14H2. The van der Waals surface area contributed by atoms with Gasteiger partial charge in [-0.1, -0.05) is 55.0 Å². The van der Waals surface area contributed by atoms with Crippen molar-refractivity contribution in [2.24, 2.45) is 0 Å². The summed E-state index contributed by atoms with van der Waals surface area (Å²) in [6, 6.07) is 19.1. The summed E-state index contributed by atoms with van der Waals surface area (Å²) in [5, 5.41) is 3.96. The highest BCUT2D eigenvalue weighted by atomic mass is 15.0. The molecule has 108 valence electrons. The number of aryl methyl sites for hydroxylation is 1. The average molecular weight is 277 g/mol. The van der Waals surface area contributed by atoms with E-state index >= 15 is 0 Å². The molecular weight excluding hydrogens is 254 g/mol. The van der Waals surface area contributed by atoms with Crippen molar-refractivity contribution >= 4 is 0 Å². The third kappa shape index (κ3) is 2.63. The zero-order chi connectivity index (χ0) is 14.1. The first kappa shape index (κ1) is 13.1. The molecule has 0 saturated heterocycles. The van der Waals surface area contributed by atoms with Crippen molar-refractivity contribution in [3.8, 4) is 0 Å². The third-order valence-electron chi connectivity index (χ3n) is 5.11. The molecule has 2 aliphatic carbocycles. The second kappa shape index (κ2) is 5.65. The van der Waals surface area contributed by atoms with Crippen LogP contribution >= 0.6 is 0 Å². The Kier molecular flexibility index (Phi) is 3.52. The van der Waals surface area contributed by atoms with E-state index in [9.17, 15) is 0 Å². The average Bonchev–Trinajstić information content (AvgIpc) is 2.82. The molecule has 2 aromatic carbocycles. The molecule has 2 aromatic rings. The Hall–Kier alpha value is -1.60. The summed E-state index contributed by atoms with van der Waals surface area (Å²) < 4.78 is 0. The van der Waals surface area contributed by atoms with E-state index in [1.165, 1.54) is 49.7 Å². The lowest BCUT2D eigenvalue weighted by atomic mass is 9.98. The van der Waals surface area contributed by atoms with Crippen LogP contribution in [-0.4, -0.2) is 6.04 Å². The van der Waals surface area contributed by atoms with Crippen LogP contribution < -0.4 is 5.32 Å². The molecule has 21 heavy (non-hydrogen) atoms. The van der Waals surface area contributed by atoms with E-state index in [1.54, 1.807) is 11.1 Å². The largest absolute Gasteiger partial charge is 0.307 e. The Bertz CT molecular complexity index is 606. The fourth-order valence-electron chi connectivity index (χ4n) is 4.06. The van der Waals surface area contributed by atoms with Gasteiger partial charge in [0.25, 0.3) is 0 Å². The zero-order valence-corrected chi connectivity index (χ0v) is 12.5. The summed E-state index contributed by atoms with van der Waals surface area (Å²) in [6.45, 7) is 0. The van der Waals surface area contributed by atoms with Gasteiger partial charge in [0.05, 0.1) is 0 Å². The molecule has 1 heteroatoms. The highest BCUT2D eigenvalue weighted by Crippen LogP contribution is 2.31. The van der Waals surface area contributed by atoms with E-state index in [2.05, 4.69) is 53.8 Å². The van der Waals surface area contributed by atoms with E-state index < -0.39 is 0 Å². The van der Waals surface area contributed by atoms with Gasteiger partial charge in [0.1, 0.15) is 0 Å². The molecule has 0 aromatic heterocycles. The van der Waals surface area contributed by atoms with Crippen LogP contribution in [0.25, 0.3) is 0 Å². The van der Waals surface area contributed by atoms with Gasteiger partial charge in [-0.05, 0) is 54.4 Å². The summed E-state index contributed by atoms with van der Waals surface area (Å²) in [4.78, 5) is 0. The highest BCUT2D eigenvalue weighted by molar-refractivity contribution is 5.35. The molecule has 0 amide bonds. The maximum absolute atomic E-state index is 3.96. The zero-order valence-electron chi connectivity index (χ0n) is 12.5. The summed E-state index contributed by atoms with van der Waals surface area (Å²) in [5.74, 6) is 0. The maximum Gasteiger partial charge on any atom is 0.0325 e. The van der Waals surface area contributed by atoms with Crippen molar-refractivity contribution in [1.29, 1.82) is 0 Å². The Balaban J connectivity index is 1.53. The number of hydrogen-bond acceptors (Lipinski definition) is 1. The molecule has 1 N–H and O–H groups in total. The van der Waals surface area contributed by atoms with Crippen molar-refractivity contribution in [3.05, 3.63) is 70.8 Å². The minimum atomic E-state index is 0.544. The van der Waals surface area contributed by atoms with Crippen LogP contribution in [0, 0.1) is 0 Å². The van der Waals surface area contributed by atoms with Gasteiger partial charge < -0.3 is 5.32 Å². The lowest BCUT2D eigenvalue weighted by molar-refractivity contribution is 0.420. The van der Waals surface area contributed by atoms with Gasteiger partial charge in [0.2, 0.25) is 0 Å². The first-order chi connectivity index (χ1) is 10.4. The van der Waals surface area contributed by atoms with Gasteiger partial charge in [0.15, 0.2) is 0 Å². The van der Waals surface area contributed by atoms with Gasteiger partial charge >= 0.3 is 0 Å². The minimum Gasteiger partial charge on any atom is -0.307 e. The summed E-state index contributed by atoms with van der Waals surface area (Å²) >= 11 is 0. The summed E-state index contributed by atoms with van der Waals surface area (Å²) in [7, 11) is 0. The lowest BCUT2D eigenvalue weighted by Gasteiger charge is -2.23. The Morgan fingerprint density at radius 1 is 0.762 bits per heavy atom. The number of fused-ring (bicyclic) bond motifs is 2. The number of benzene rings is 2. The molecule has 0 bridgehead atoms. The molecule has 1 atom stereocenters. The molecule has 0 radical (unpaired) electrons. The first-order valence-corrected chi connectivity index (χ1v) is 8.31. The molecule has 0 heterocycles. The van der Waals surface area contributed by atoms with E-state index in [4.69, 9.17) is 0 Å². The first-order valence-electron chi connectivity index (χ1n) is 8.31. The van der Waals surface area contributed by atoms with Gasteiger partial charge in [-0.3, -0.25) is 0 Å². The predicted octanol–water partition coefficient (Wildman–Crippen LogP) is 4.21. The fraction of sp³-hybridized carbons (Fsp3) is 0.400. The summed E-state index contributed by atoms with van der Waals surface area (Å²) in [5.41, 5.74) is 6.18. The highest BCUT2D eigenvalue weighted by Gasteiger charge is 2.25. The Morgan fingerprint density at radius 3 is 2.19 bits per heavy atom. The topological polar surface area (TPSA) is 12.0 Å². The SMILES string of the molecule is c1ccc2c(c1)CC(NC1CCCCc3ccccc31)C2. The number of nitrogens with one attached hydrogen (secondary N) is 1. The molecule has 1 nitrogen and oxygen atoms in total. The predicted molar refractivity (Wildman–Crippen MR) is 87.5 cm³/mol. The molecule has 2 aliphatic rings. The van der Waals surface area contributed by atoms with Crippen LogP contribution in [0.3, 0.4) is 0 Å². The monoisotopic (exact) mass is 277 g/mol. The van der Waals surface area contributed by atoms with E-state index in [1.807, 2.05) is 0 Å². The van der Waals surface area contributed by atoms with Crippen LogP contribution in [0.2, 0.25) is 0 Å². The van der Waals surface area contributed by atoms with Crippen molar-refractivity contribution in [2.75, 3.05) is 0 Å². The lowest BCUT2D eigenvalue weighted by Crippen LogP contribution is -2.33.